The number of fused-ring (bicyclic) bond motifs is 2. The molecular formula is C76H86F14N16O10. The van der Waals surface area contributed by atoms with Gasteiger partial charge in [-0.15, -0.1) is 0 Å². The topological polar surface area (TPSA) is 324 Å². The molecule has 0 radical (unpaired) electrons. The number of anilines is 4. The molecule has 12 rings (SSSR count). The van der Waals surface area contributed by atoms with E-state index in [4.69, 9.17) is 19.8 Å². The molecule has 4 aromatic carbocycles. The molecule has 0 saturated carbocycles. The van der Waals surface area contributed by atoms with Crippen LogP contribution < -0.4 is 62.2 Å². The van der Waals surface area contributed by atoms with E-state index >= 15 is 0 Å². The van der Waals surface area contributed by atoms with Gasteiger partial charge in [-0.3, -0.25) is 28.0 Å². The average molecular weight is 1650 g/mol. The van der Waals surface area contributed by atoms with Crippen LogP contribution in [-0.2, 0) is 32.0 Å². The van der Waals surface area contributed by atoms with Crippen LogP contribution >= 0.6 is 0 Å². The normalized spacial score (nSPS) is 19.3. The van der Waals surface area contributed by atoms with Crippen molar-refractivity contribution in [2.24, 2.45) is 23.7 Å². The first-order chi connectivity index (χ1) is 55.0. The highest BCUT2D eigenvalue weighted by Crippen LogP contribution is 2.36. The molecule has 4 aromatic heterocycles. The number of likely N-dealkylation sites (tertiary alicyclic amines) is 2. The third-order valence-corrected chi connectivity index (χ3v) is 20.3. The van der Waals surface area contributed by atoms with E-state index in [9.17, 15) is 80.6 Å². The van der Waals surface area contributed by atoms with Crippen LogP contribution in [0.2, 0.25) is 0 Å². The van der Waals surface area contributed by atoms with Crippen molar-refractivity contribution in [1.82, 2.24) is 60.6 Å². The number of imidazole rings is 2. The summed E-state index contributed by atoms with van der Waals surface area (Å²) in [5.41, 5.74) is 4.32. The number of carboxylic acid groups (broad SMARTS) is 2. The van der Waals surface area contributed by atoms with E-state index in [1.807, 2.05) is 26.0 Å². The third-order valence-electron chi connectivity index (χ3n) is 20.3. The summed E-state index contributed by atoms with van der Waals surface area (Å²) in [6.45, 7) is 9.24. The Labute approximate surface area is 655 Å². The fraction of sp³-hybridized carbons (Fsp3) is 0.447. The van der Waals surface area contributed by atoms with Gasteiger partial charge in [0, 0.05) is 147 Å². The molecule has 4 aliphatic rings. The summed E-state index contributed by atoms with van der Waals surface area (Å²) in [4.78, 5) is 86.9. The molecule has 116 heavy (non-hydrogen) atoms. The molecular weight excluding hydrogens is 1560 g/mol. The minimum Gasteiger partial charge on any atom is -0.542 e. The van der Waals surface area contributed by atoms with Gasteiger partial charge >= 0.3 is 25.6 Å². The molecule has 0 aliphatic carbocycles. The number of halogens is 14. The van der Waals surface area contributed by atoms with Crippen LogP contribution in [0.1, 0.15) is 84.2 Å². The summed E-state index contributed by atoms with van der Waals surface area (Å²) >= 11 is 0. The predicted molar refractivity (Wildman–Crippen MR) is 390 cm³/mol. The Morgan fingerprint density at radius 2 is 0.871 bits per heavy atom. The highest BCUT2D eigenvalue weighted by Gasteiger charge is 2.38. The zero-order chi connectivity index (χ0) is 84.4. The number of piperidine rings is 2. The number of carboxylic acids is 2. The number of carbonyl (C=O) groups excluding carboxylic acids is 6. The molecule has 8 N–H and O–H groups in total. The second-order valence-corrected chi connectivity index (χ2v) is 28.6. The number of nitrogens with one attached hydrogen (secondary N) is 8. The maximum absolute atomic E-state index is 14.9. The van der Waals surface area contributed by atoms with Crippen molar-refractivity contribution in [3.63, 3.8) is 0 Å². The third kappa shape index (κ3) is 23.6. The van der Waals surface area contributed by atoms with Gasteiger partial charge in [0.1, 0.15) is 11.9 Å². The van der Waals surface area contributed by atoms with E-state index in [0.29, 0.717) is 96.3 Å². The Morgan fingerprint density at radius 3 is 1.19 bits per heavy atom. The number of amides is 4. The molecule has 4 amide bonds. The summed E-state index contributed by atoms with van der Waals surface area (Å²) in [6.07, 6.45) is 5.23. The highest BCUT2D eigenvalue weighted by molar-refractivity contribution is 5.97. The Morgan fingerprint density at radius 1 is 0.517 bits per heavy atom. The Balaban J connectivity index is 0.000000227. The van der Waals surface area contributed by atoms with Gasteiger partial charge in [0.25, 0.3) is 11.8 Å². The van der Waals surface area contributed by atoms with Gasteiger partial charge in [0.2, 0.25) is 23.4 Å². The van der Waals surface area contributed by atoms with E-state index in [0.717, 1.165) is 135 Å². The lowest BCUT2D eigenvalue weighted by Gasteiger charge is -2.41. The van der Waals surface area contributed by atoms with E-state index in [1.54, 1.807) is 24.3 Å². The van der Waals surface area contributed by atoms with Crippen molar-refractivity contribution in [1.29, 1.82) is 0 Å². The Bertz CT molecular complexity index is 4460. The Kier molecular flexibility index (Phi) is 30.3. The second-order valence-electron chi connectivity index (χ2n) is 28.6. The SMILES string of the molecule is CCc1cc(Nc2nccn3c(-c4ccc(OC(F)F)c(F)c4F)cnc23)ccc1C(=O)NCCNC(=O)C1CC[N+](C)(CC2CCNC2)CC1.CCc1cc(Nc2nccn3c(-c4ccc(OC(F)F)c(F)c4F)cnc23)ccc1C(=O)NCCNC(=O)C1CC[N+](C)(CC2CCNC2)CC1.O=C([O-])C(F)(F)F.O=C([O-])C(F)(F)F. The minimum atomic E-state index is -5.19. The van der Waals surface area contributed by atoms with Crippen molar-refractivity contribution in [3.8, 4) is 34.0 Å². The number of benzene rings is 4. The van der Waals surface area contributed by atoms with Gasteiger partial charge in [0.05, 0.1) is 77.1 Å². The fourth-order valence-electron chi connectivity index (χ4n) is 14.4. The van der Waals surface area contributed by atoms with Gasteiger partial charge in [-0.2, -0.15) is 52.7 Å². The van der Waals surface area contributed by atoms with Gasteiger partial charge in [-0.1, -0.05) is 13.8 Å². The number of hydrogen-bond donors (Lipinski definition) is 8. The molecule has 8 heterocycles. The summed E-state index contributed by atoms with van der Waals surface area (Å²) in [6, 6.07) is 14.6. The molecule has 4 aliphatic heterocycles. The Hall–Kier alpha value is -11.0. The van der Waals surface area contributed by atoms with Crippen molar-refractivity contribution in [3.05, 3.63) is 143 Å². The maximum atomic E-state index is 14.9. The fourth-order valence-corrected chi connectivity index (χ4v) is 14.4. The van der Waals surface area contributed by atoms with E-state index < -0.39 is 72.3 Å². The minimum absolute atomic E-state index is 0.000114. The van der Waals surface area contributed by atoms with Crippen LogP contribution in [0.25, 0.3) is 33.8 Å². The molecule has 4 saturated heterocycles. The molecule has 628 valence electrons. The number of aliphatic carboxylic acids is 2. The molecule has 26 nitrogen and oxygen atoms in total. The van der Waals surface area contributed by atoms with E-state index in [1.165, 1.54) is 58.8 Å². The first kappa shape index (κ1) is 88.9. The molecule has 8 aromatic rings. The first-order valence-corrected chi connectivity index (χ1v) is 37.1. The van der Waals surface area contributed by atoms with E-state index in [-0.39, 0.29) is 58.0 Å². The highest BCUT2D eigenvalue weighted by atomic mass is 19.4. The zero-order valence-electron chi connectivity index (χ0n) is 63.2. The van der Waals surface area contributed by atoms with Crippen molar-refractivity contribution in [2.75, 3.05) is 116 Å². The summed E-state index contributed by atoms with van der Waals surface area (Å²) in [5.74, 6) is -12.0. The molecule has 2 unspecified atom stereocenters. The lowest BCUT2D eigenvalue weighted by molar-refractivity contribution is -0.917. The number of rotatable bonds is 26. The number of ether oxygens (including phenoxy) is 2. The van der Waals surface area contributed by atoms with Crippen molar-refractivity contribution >= 4 is 69.9 Å². The van der Waals surface area contributed by atoms with Crippen LogP contribution in [0.3, 0.4) is 0 Å². The largest absolute Gasteiger partial charge is 0.542 e. The molecule has 40 heteroatoms. The van der Waals surface area contributed by atoms with Crippen LogP contribution in [0.4, 0.5) is 84.5 Å². The van der Waals surface area contributed by atoms with Gasteiger partial charge < -0.3 is 80.8 Å². The summed E-state index contributed by atoms with van der Waals surface area (Å²) in [7, 11) is 4.61. The molecule has 0 spiro atoms. The standard InChI is InChI=1S/2C36H42F4N8O3.2C2HF3O2/c2*1-3-23-18-25(46-32-33-45-20-28(47(33)15-14-42-32)27-6-7-29(51-36(39)40)31(38)30(27)37)4-5-26(23)35(50)44-13-12-43-34(49)24-9-16-48(2,17-10-24)21-22-8-11-41-19-22;2*3-2(4,5)1(6)7/h2*4-7,14-15,18,20,22,24,36,41H,3,8-13,16-17,19,21H2,1-2H3,(H2-,42,43,44,46,49,50);2*(H,6,7). The van der Waals surface area contributed by atoms with Crippen LogP contribution in [0, 0.1) is 46.9 Å². The summed E-state index contributed by atoms with van der Waals surface area (Å²) in [5, 5.41) is 42.6. The number of nitrogens with zero attached hydrogens (tertiary/aromatic N) is 8. The lowest BCUT2D eigenvalue weighted by Crippen LogP contribution is -2.54. The molecule has 4 fully saturated rings. The molecule has 2 atom stereocenters. The average Bonchev–Trinajstić information content (AvgIpc) is 1.64. The number of carbonyl (C=O) groups is 6. The number of hydrogen-bond acceptors (Lipinski definition) is 18. The number of alkyl halides is 10. The van der Waals surface area contributed by atoms with Crippen LogP contribution in [0.15, 0.2) is 97.8 Å². The van der Waals surface area contributed by atoms with E-state index in [2.05, 4.69) is 86.0 Å². The second kappa shape index (κ2) is 39.6. The first-order valence-electron chi connectivity index (χ1n) is 37.1. The summed E-state index contributed by atoms with van der Waals surface area (Å²) < 4.78 is 185. The van der Waals surface area contributed by atoms with Crippen LogP contribution in [-0.4, -0.2) is 205 Å². The number of aryl methyl sites for hydroxylation is 2. The van der Waals surface area contributed by atoms with Crippen LogP contribution in [0.5, 0.6) is 11.5 Å². The van der Waals surface area contributed by atoms with Gasteiger partial charge in [-0.05, 0) is 111 Å². The zero-order valence-corrected chi connectivity index (χ0v) is 63.2. The van der Waals surface area contributed by atoms with Gasteiger partial charge in [0.15, 0.2) is 46.1 Å². The maximum Gasteiger partial charge on any atom is 0.430 e. The van der Waals surface area contributed by atoms with Gasteiger partial charge in [-0.25, -0.2) is 28.7 Å². The molecule has 0 bridgehead atoms. The smallest absolute Gasteiger partial charge is 0.430 e. The quantitative estimate of drug-likeness (QED) is 0.0143. The lowest BCUT2D eigenvalue weighted by atomic mass is 9.93. The van der Waals surface area contributed by atoms with Crippen molar-refractivity contribution < 1.29 is 119 Å². The van der Waals surface area contributed by atoms with Crippen molar-refractivity contribution in [2.45, 2.75) is 90.8 Å². The number of quaternary nitrogens is 2. The number of aromatic nitrogens is 6. The monoisotopic (exact) mass is 1650 g/mol. The predicted octanol–water partition coefficient (Wildman–Crippen LogP) is 8.39.